The Bertz CT molecular complexity index is 1310. The number of hydrogen-bond acceptors (Lipinski definition) is 12. The number of aliphatic carboxylic acids is 1. The summed E-state index contributed by atoms with van der Waals surface area (Å²) < 4.78 is 1.45. The minimum atomic E-state index is -1.26. The van der Waals surface area contributed by atoms with Crippen LogP contribution in [0, 0.1) is 0 Å². The first-order valence-electron chi connectivity index (χ1n) is 10.3. The largest absolute Gasteiger partial charge is 0.508 e. The van der Waals surface area contributed by atoms with E-state index in [-0.39, 0.29) is 28.5 Å². The molecule has 1 aromatic carbocycles. The quantitative estimate of drug-likeness (QED) is 0.132. The van der Waals surface area contributed by atoms with Crippen molar-refractivity contribution < 1.29 is 34.2 Å². The Hall–Kier alpha value is -3.92. The summed E-state index contributed by atoms with van der Waals surface area (Å²) in [5.74, 6) is -3.06. The fourth-order valence-corrected chi connectivity index (χ4v) is 5.82. The molecule has 1 aromatic heterocycles. The zero-order valence-corrected chi connectivity index (χ0v) is 20.4. The number of tetrazole rings is 1. The number of aromatic nitrogens is 4. The molecule has 0 spiro atoms. The molecule has 4 rings (SSSR count). The van der Waals surface area contributed by atoms with Crippen LogP contribution in [0.15, 0.2) is 45.8 Å². The summed E-state index contributed by atoms with van der Waals surface area (Å²) in [5.41, 5.74) is 0.194. The van der Waals surface area contributed by atoms with Crippen molar-refractivity contribution in [1.29, 1.82) is 0 Å². The lowest BCUT2D eigenvalue weighted by atomic mass is 10.0. The van der Waals surface area contributed by atoms with Gasteiger partial charge in [0.05, 0.1) is 0 Å². The van der Waals surface area contributed by atoms with E-state index in [1.165, 1.54) is 52.5 Å². The maximum Gasteiger partial charge on any atom is 0.352 e. The molecule has 0 radical (unpaired) electrons. The van der Waals surface area contributed by atoms with Crippen LogP contribution in [-0.4, -0.2) is 87.7 Å². The summed E-state index contributed by atoms with van der Waals surface area (Å²) in [7, 11) is 1.66. The average molecular weight is 534 g/mol. The number of oxime groups is 1. The zero-order valence-electron chi connectivity index (χ0n) is 18.8. The Balaban J connectivity index is 1.52. The number of carboxylic acids is 1. The van der Waals surface area contributed by atoms with Crippen LogP contribution >= 0.6 is 23.5 Å². The molecule has 2 amide bonds. The Morgan fingerprint density at radius 2 is 2.14 bits per heavy atom. The van der Waals surface area contributed by atoms with E-state index >= 15 is 0 Å². The number of aromatic hydroxyl groups is 1. The second kappa shape index (κ2) is 10.4. The van der Waals surface area contributed by atoms with Gasteiger partial charge in [-0.15, -0.1) is 16.9 Å². The molecule has 14 nitrogen and oxygen atoms in total. The number of benzene rings is 1. The Morgan fingerprint density at radius 3 is 2.78 bits per heavy atom. The SMILES string of the molecule is CC(=O)ON=C(C(=O)NC1C(=O)N2C(C(=O)O)=C(CSc3nnnn3C)CS[C@H]12)c1cccc(O)c1. The summed E-state index contributed by atoms with van der Waals surface area (Å²) in [5, 5.41) is 36.6. The molecule has 2 aromatic rings. The van der Waals surface area contributed by atoms with E-state index in [0.717, 1.165) is 11.8 Å². The predicted molar refractivity (Wildman–Crippen MR) is 126 cm³/mol. The minimum absolute atomic E-state index is 0.140. The number of fused-ring (bicyclic) bond motifs is 1. The third kappa shape index (κ3) is 5.03. The molecule has 0 bridgehead atoms. The lowest BCUT2D eigenvalue weighted by molar-refractivity contribution is -0.150. The molecular weight excluding hydrogens is 514 g/mol. The van der Waals surface area contributed by atoms with E-state index < -0.39 is 35.2 Å². The van der Waals surface area contributed by atoms with E-state index in [9.17, 15) is 29.4 Å². The predicted octanol–water partition coefficient (Wildman–Crippen LogP) is -0.286. The van der Waals surface area contributed by atoms with Crippen molar-refractivity contribution in [2.45, 2.75) is 23.5 Å². The van der Waals surface area contributed by atoms with Crippen LogP contribution in [0.25, 0.3) is 0 Å². The Morgan fingerprint density at radius 1 is 1.36 bits per heavy atom. The standard InChI is InChI=1S/C20H19N7O7S2/c1-9(28)34-23-13(10-4-3-5-12(29)6-10)16(30)21-14-17(31)27-15(19(32)33)11(7-35-18(14)27)8-36-20-22-24-25-26(20)2/h3-6,14,18,29H,7-8H2,1-2H3,(H,21,30)(H,32,33)/t14?,18-/m1/s1. The number of thioether (sulfide) groups is 2. The summed E-state index contributed by atoms with van der Waals surface area (Å²) in [6.07, 6.45) is 0. The normalized spacial score (nSPS) is 19.4. The highest BCUT2D eigenvalue weighted by Gasteiger charge is 2.54. The molecule has 2 aliphatic heterocycles. The van der Waals surface area contributed by atoms with Crippen LogP contribution in [0.5, 0.6) is 5.75 Å². The molecule has 3 heterocycles. The molecule has 1 fully saturated rings. The number of rotatable bonds is 8. The molecule has 0 saturated carbocycles. The molecule has 3 N–H and O–H groups in total. The van der Waals surface area contributed by atoms with Crippen LogP contribution in [0.4, 0.5) is 0 Å². The summed E-state index contributed by atoms with van der Waals surface area (Å²) in [6, 6.07) is 4.53. The summed E-state index contributed by atoms with van der Waals surface area (Å²) in [4.78, 5) is 55.0. The molecule has 0 aliphatic carbocycles. The summed E-state index contributed by atoms with van der Waals surface area (Å²) >= 11 is 2.54. The number of carbonyl (C=O) groups is 4. The van der Waals surface area contributed by atoms with Gasteiger partial charge in [-0.05, 0) is 28.1 Å². The van der Waals surface area contributed by atoms with Crippen LogP contribution in [-0.2, 0) is 31.1 Å². The summed E-state index contributed by atoms with van der Waals surface area (Å²) in [6.45, 7) is 1.10. The van der Waals surface area contributed by atoms with Gasteiger partial charge in [-0.25, -0.2) is 14.3 Å². The number of amides is 2. The number of carboxylic acid groups (broad SMARTS) is 1. The van der Waals surface area contributed by atoms with Gasteiger partial charge >= 0.3 is 11.9 Å². The number of phenols is 1. The van der Waals surface area contributed by atoms with Gasteiger partial charge in [-0.2, -0.15) is 0 Å². The molecule has 36 heavy (non-hydrogen) atoms. The minimum Gasteiger partial charge on any atom is -0.508 e. The fourth-order valence-electron chi connectivity index (χ4n) is 3.49. The van der Waals surface area contributed by atoms with E-state index in [1.807, 2.05) is 0 Å². The molecular formula is C20H19N7O7S2. The fraction of sp³-hybridized carbons (Fsp3) is 0.300. The van der Waals surface area contributed by atoms with Gasteiger partial charge in [-0.3, -0.25) is 14.5 Å². The average Bonchev–Trinajstić information content (AvgIpc) is 3.24. The number of nitrogens with one attached hydrogen (secondary N) is 1. The first-order chi connectivity index (χ1) is 17.2. The smallest absolute Gasteiger partial charge is 0.352 e. The molecule has 16 heteroatoms. The van der Waals surface area contributed by atoms with Crippen molar-refractivity contribution in [2.75, 3.05) is 11.5 Å². The van der Waals surface area contributed by atoms with Crippen LogP contribution in [0.3, 0.4) is 0 Å². The van der Waals surface area contributed by atoms with Crippen molar-refractivity contribution in [3.8, 4) is 5.75 Å². The number of β-lactam (4-membered cyclic amide) rings is 1. The number of phenolic OH excluding ortho intramolecular Hbond substituents is 1. The first kappa shape index (κ1) is 25.2. The van der Waals surface area contributed by atoms with Gasteiger partial charge in [0, 0.05) is 31.0 Å². The number of hydrogen-bond donors (Lipinski definition) is 3. The van der Waals surface area contributed by atoms with Gasteiger partial charge in [0.15, 0.2) is 5.71 Å². The highest BCUT2D eigenvalue weighted by Crippen LogP contribution is 2.41. The van der Waals surface area contributed by atoms with E-state index in [4.69, 9.17) is 0 Å². The van der Waals surface area contributed by atoms with Gasteiger partial charge in [0.25, 0.3) is 11.8 Å². The second-order valence-electron chi connectivity index (χ2n) is 7.57. The van der Waals surface area contributed by atoms with Crippen LogP contribution < -0.4 is 5.32 Å². The van der Waals surface area contributed by atoms with Crippen LogP contribution in [0.1, 0.15) is 12.5 Å². The number of aryl methyl sites for hydroxylation is 1. The van der Waals surface area contributed by atoms with Crippen molar-refractivity contribution in [1.82, 2.24) is 30.4 Å². The van der Waals surface area contributed by atoms with Gasteiger partial charge in [0.2, 0.25) is 5.16 Å². The van der Waals surface area contributed by atoms with Crippen molar-refractivity contribution in [2.24, 2.45) is 12.2 Å². The topological polar surface area (TPSA) is 189 Å². The molecule has 1 saturated heterocycles. The Labute approximate surface area is 211 Å². The van der Waals surface area contributed by atoms with E-state index in [1.54, 1.807) is 7.05 Å². The lowest BCUT2D eigenvalue weighted by Crippen LogP contribution is -2.71. The molecule has 1 unspecified atom stereocenters. The lowest BCUT2D eigenvalue weighted by Gasteiger charge is -2.49. The maximum atomic E-state index is 13.0. The molecule has 188 valence electrons. The zero-order chi connectivity index (χ0) is 26.0. The van der Waals surface area contributed by atoms with Crippen molar-refractivity contribution >= 4 is 53.0 Å². The number of carbonyl (C=O) groups excluding carboxylic acids is 3. The van der Waals surface area contributed by atoms with Gasteiger partial charge in [-0.1, -0.05) is 29.1 Å². The Kier molecular flexibility index (Phi) is 7.25. The van der Waals surface area contributed by atoms with Gasteiger partial charge in [0.1, 0.15) is 22.9 Å². The van der Waals surface area contributed by atoms with Crippen molar-refractivity contribution in [3.05, 3.63) is 41.1 Å². The van der Waals surface area contributed by atoms with Crippen molar-refractivity contribution in [3.63, 3.8) is 0 Å². The first-order valence-corrected chi connectivity index (χ1v) is 12.3. The van der Waals surface area contributed by atoms with E-state index in [0.29, 0.717) is 16.5 Å². The third-order valence-electron chi connectivity index (χ3n) is 5.09. The molecule has 2 aliphatic rings. The van der Waals surface area contributed by atoms with Gasteiger partial charge < -0.3 is 20.4 Å². The van der Waals surface area contributed by atoms with E-state index in [2.05, 4.69) is 30.8 Å². The molecule has 2 atom stereocenters. The number of nitrogens with zero attached hydrogens (tertiary/aromatic N) is 6. The highest BCUT2D eigenvalue weighted by molar-refractivity contribution is 8.01. The van der Waals surface area contributed by atoms with Crippen LogP contribution in [0.2, 0.25) is 0 Å². The third-order valence-corrected chi connectivity index (χ3v) is 7.53. The highest BCUT2D eigenvalue weighted by atomic mass is 32.2. The maximum absolute atomic E-state index is 13.0. The monoisotopic (exact) mass is 533 g/mol. The second-order valence-corrected chi connectivity index (χ2v) is 9.61.